The fraction of sp³-hybridized carbons (Fsp3) is 0.0588. The maximum atomic E-state index is 11.4. The third-order valence-electron chi connectivity index (χ3n) is 3.28. The third kappa shape index (κ3) is 2.84. The molecule has 0 aliphatic heterocycles. The molecule has 0 aliphatic rings. The first-order chi connectivity index (χ1) is 10.2. The molecular weight excluding hydrogens is 264 g/mol. The van der Waals surface area contributed by atoms with E-state index in [0.717, 1.165) is 10.9 Å². The largest absolute Gasteiger partial charge is 0.548 e. The first-order valence-corrected chi connectivity index (χ1v) is 6.61. The van der Waals surface area contributed by atoms with Gasteiger partial charge in [-0.2, -0.15) is 0 Å². The summed E-state index contributed by atoms with van der Waals surface area (Å²) in [5.74, 6) is -1.16. The number of benzene rings is 2. The SMILES string of the molecule is O=C([O-])C(Nc1ccc2ncccc2c1)c1ccccc1. The van der Waals surface area contributed by atoms with Gasteiger partial charge < -0.3 is 15.2 Å². The monoisotopic (exact) mass is 277 g/mol. The van der Waals surface area contributed by atoms with Gasteiger partial charge in [-0.15, -0.1) is 0 Å². The number of pyridine rings is 1. The molecule has 0 bridgehead atoms. The average molecular weight is 277 g/mol. The topological polar surface area (TPSA) is 65.0 Å². The van der Waals surface area contributed by atoms with Crippen LogP contribution >= 0.6 is 0 Å². The molecule has 3 aromatic rings. The van der Waals surface area contributed by atoms with Crippen LogP contribution in [0.3, 0.4) is 0 Å². The lowest BCUT2D eigenvalue weighted by Gasteiger charge is -2.21. The molecule has 1 atom stereocenters. The number of hydrogen-bond donors (Lipinski definition) is 1. The predicted molar refractivity (Wildman–Crippen MR) is 79.6 cm³/mol. The van der Waals surface area contributed by atoms with Crippen LogP contribution in [-0.2, 0) is 4.79 Å². The van der Waals surface area contributed by atoms with Gasteiger partial charge in [0.2, 0.25) is 0 Å². The summed E-state index contributed by atoms with van der Waals surface area (Å²) in [6.07, 6.45) is 1.73. The molecule has 1 heterocycles. The van der Waals surface area contributed by atoms with Crippen LogP contribution in [0.4, 0.5) is 5.69 Å². The van der Waals surface area contributed by atoms with Crippen molar-refractivity contribution in [1.29, 1.82) is 0 Å². The molecule has 0 saturated heterocycles. The van der Waals surface area contributed by atoms with Crippen LogP contribution < -0.4 is 10.4 Å². The van der Waals surface area contributed by atoms with Crippen molar-refractivity contribution in [3.8, 4) is 0 Å². The van der Waals surface area contributed by atoms with Crippen LogP contribution in [0, 0.1) is 0 Å². The van der Waals surface area contributed by atoms with Crippen LogP contribution in [0.5, 0.6) is 0 Å². The number of carbonyl (C=O) groups is 1. The fourth-order valence-corrected chi connectivity index (χ4v) is 2.26. The summed E-state index contributed by atoms with van der Waals surface area (Å²) in [6, 6.07) is 17.4. The minimum atomic E-state index is -1.16. The molecule has 1 aromatic heterocycles. The summed E-state index contributed by atoms with van der Waals surface area (Å²) in [4.78, 5) is 15.6. The molecule has 2 aromatic carbocycles. The fourth-order valence-electron chi connectivity index (χ4n) is 2.26. The Labute approximate surface area is 122 Å². The van der Waals surface area contributed by atoms with Gasteiger partial charge in [-0.3, -0.25) is 4.98 Å². The van der Waals surface area contributed by atoms with Crippen molar-refractivity contribution >= 4 is 22.6 Å². The quantitative estimate of drug-likeness (QED) is 0.793. The Bertz CT molecular complexity index is 772. The Balaban J connectivity index is 1.93. The molecule has 0 fully saturated rings. The van der Waals surface area contributed by atoms with Crippen LogP contribution in [-0.4, -0.2) is 11.0 Å². The van der Waals surface area contributed by atoms with Crippen molar-refractivity contribution in [2.45, 2.75) is 6.04 Å². The summed E-state index contributed by atoms with van der Waals surface area (Å²) in [5, 5.41) is 15.3. The van der Waals surface area contributed by atoms with E-state index in [1.807, 2.05) is 36.4 Å². The van der Waals surface area contributed by atoms with Gasteiger partial charge in [0.25, 0.3) is 0 Å². The van der Waals surface area contributed by atoms with E-state index in [1.165, 1.54) is 0 Å². The van der Waals surface area contributed by atoms with Crippen molar-refractivity contribution in [3.63, 3.8) is 0 Å². The van der Waals surface area contributed by atoms with Gasteiger partial charge in [-0.25, -0.2) is 0 Å². The molecule has 1 N–H and O–H groups in total. The highest BCUT2D eigenvalue weighted by molar-refractivity contribution is 5.84. The zero-order valence-corrected chi connectivity index (χ0v) is 11.2. The van der Waals surface area contributed by atoms with Crippen LogP contribution in [0.1, 0.15) is 11.6 Å². The average Bonchev–Trinajstić information content (AvgIpc) is 2.53. The minimum Gasteiger partial charge on any atom is -0.548 e. The first kappa shape index (κ1) is 13.1. The predicted octanol–water partition coefficient (Wildman–Crippen LogP) is 2.14. The molecule has 4 nitrogen and oxygen atoms in total. The molecule has 0 aliphatic carbocycles. The number of carbonyl (C=O) groups excluding carboxylic acids is 1. The van der Waals surface area contributed by atoms with E-state index in [0.29, 0.717) is 11.3 Å². The summed E-state index contributed by atoms with van der Waals surface area (Å²) in [6.45, 7) is 0. The van der Waals surface area contributed by atoms with Crippen molar-refractivity contribution in [1.82, 2.24) is 4.98 Å². The van der Waals surface area contributed by atoms with Gasteiger partial charge in [0.15, 0.2) is 0 Å². The number of nitrogens with one attached hydrogen (secondary N) is 1. The molecule has 0 amide bonds. The number of carboxylic acids is 1. The molecule has 0 spiro atoms. The Morgan fingerprint density at radius 1 is 1.05 bits per heavy atom. The van der Waals surface area contributed by atoms with E-state index in [2.05, 4.69) is 10.3 Å². The Morgan fingerprint density at radius 2 is 1.86 bits per heavy atom. The lowest BCUT2D eigenvalue weighted by molar-refractivity contribution is -0.307. The van der Waals surface area contributed by atoms with Crippen molar-refractivity contribution in [2.24, 2.45) is 0 Å². The maximum Gasteiger partial charge on any atom is 0.0912 e. The summed E-state index contributed by atoms with van der Waals surface area (Å²) >= 11 is 0. The Hall–Kier alpha value is -2.88. The number of fused-ring (bicyclic) bond motifs is 1. The van der Waals surface area contributed by atoms with Crippen molar-refractivity contribution in [3.05, 3.63) is 72.4 Å². The lowest BCUT2D eigenvalue weighted by atomic mass is 10.1. The van der Waals surface area contributed by atoms with Crippen molar-refractivity contribution < 1.29 is 9.90 Å². The maximum absolute atomic E-state index is 11.4. The van der Waals surface area contributed by atoms with Gasteiger partial charge in [0, 0.05) is 17.3 Å². The molecule has 4 heteroatoms. The summed E-state index contributed by atoms with van der Waals surface area (Å²) in [7, 11) is 0. The number of aromatic nitrogens is 1. The Kier molecular flexibility index (Phi) is 3.51. The molecular formula is C17H13N2O2-. The summed E-state index contributed by atoms with van der Waals surface area (Å²) < 4.78 is 0. The Morgan fingerprint density at radius 3 is 2.62 bits per heavy atom. The van der Waals surface area contributed by atoms with E-state index in [9.17, 15) is 9.90 Å². The van der Waals surface area contributed by atoms with E-state index in [4.69, 9.17) is 0 Å². The highest BCUT2D eigenvalue weighted by atomic mass is 16.4. The van der Waals surface area contributed by atoms with Crippen LogP contribution in [0.2, 0.25) is 0 Å². The van der Waals surface area contributed by atoms with E-state index < -0.39 is 12.0 Å². The highest BCUT2D eigenvalue weighted by Crippen LogP contribution is 2.22. The zero-order chi connectivity index (χ0) is 14.7. The molecule has 3 rings (SSSR count). The molecule has 21 heavy (non-hydrogen) atoms. The number of carboxylic acid groups (broad SMARTS) is 1. The number of nitrogens with zero attached hydrogens (tertiary/aromatic N) is 1. The molecule has 1 unspecified atom stereocenters. The van der Waals surface area contributed by atoms with Gasteiger partial charge in [-0.05, 0) is 29.8 Å². The first-order valence-electron chi connectivity index (χ1n) is 6.61. The normalized spacial score (nSPS) is 12.0. The number of hydrogen-bond acceptors (Lipinski definition) is 4. The van der Waals surface area contributed by atoms with Crippen molar-refractivity contribution in [2.75, 3.05) is 5.32 Å². The lowest BCUT2D eigenvalue weighted by Crippen LogP contribution is -2.34. The second-order valence-corrected chi connectivity index (χ2v) is 4.72. The third-order valence-corrected chi connectivity index (χ3v) is 3.28. The standard InChI is InChI=1S/C17H14N2O2/c20-17(21)16(12-5-2-1-3-6-12)19-14-8-9-15-13(11-14)7-4-10-18-15/h1-11,16,19H,(H,20,21)/p-1. The van der Waals surface area contributed by atoms with E-state index in [1.54, 1.807) is 30.5 Å². The highest BCUT2D eigenvalue weighted by Gasteiger charge is 2.12. The van der Waals surface area contributed by atoms with Crippen LogP contribution in [0.25, 0.3) is 10.9 Å². The minimum absolute atomic E-state index is 0.656. The number of rotatable bonds is 4. The second kappa shape index (κ2) is 5.63. The smallest absolute Gasteiger partial charge is 0.0912 e. The molecule has 104 valence electrons. The van der Waals surface area contributed by atoms with Gasteiger partial charge >= 0.3 is 0 Å². The second-order valence-electron chi connectivity index (χ2n) is 4.72. The molecule has 0 saturated carbocycles. The molecule has 0 radical (unpaired) electrons. The van der Waals surface area contributed by atoms with E-state index in [-0.39, 0.29) is 0 Å². The van der Waals surface area contributed by atoms with E-state index >= 15 is 0 Å². The zero-order valence-electron chi connectivity index (χ0n) is 11.2. The van der Waals surface area contributed by atoms with Crippen LogP contribution in [0.15, 0.2) is 66.9 Å². The number of anilines is 1. The van der Waals surface area contributed by atoms with Gasteiger partial charge in [0.05, 0.1) is 17.5 Å². The number of aliphatic carboxylic acids is 1. The summed E-state index contributed by atoms with van der Waals surface area (Å²) in [5.41, 5.74) is 2.24. The van der Waals surface area contributed by atoms with Gasteiger partial charge in [-0.1, -0.05) is 36.4 Å². The van der Waals surface area contributed by atoms with Gasteiger partial charge in [0.1, 0.15) is 0 Å².